The van der Waals surface area contributed by atoms with Crippen molar-refractivity contribution in [2.24, 2.45) is 0 Å². The summed E-state index contributed by atoms with van der Waals surface area (Å²) in [6.07, 6.45) is -4.75. The van der Waals surface area contributed by atoms with Crippen molar-refractivity contribution >= 4 is 11.6 Å². The largest absolute Gasteiger partial charge is 0.419 e. The SMILES string of the molecule is Nc1ccccc1CCC(=O)N1CCC(O)(C(F)(F)F)C1. The normalized spacial score (nSPS) is 22.6. The van der Waals surface area contributed by atoms with Gasteiger partial charge in [0.1, 0.15) is 0 Å². The van der Waals surface area contributed by atoms with Gasteiger partial charge in [0.05, 0.1) is 6.54 Å². The average molecular weight is 302 g/mol. The minimum atomic E-state index is -4.72. The van der Waals surface area contributed by atoms with Crippen LogP contribution in [0.5, 0.6) is 0 Å². The molecule has 0 saturated carbocycles. The first kappa shape index (κ1) is 15.6. The van der Waals surface area contributed by atoms with E-state index in [1.807, 2.05) is 0 Å². The lowest BCUT2D eigenvalue weighted by atomic mass is 10.0. The number of hydrogen-bond acceptors (Lipinski definition) is 3. The van der Waals surface area contributed by atoms with Crippen molar-refractivity contribution in [1.82, 2.24) is 4.90 Å². The van der Waals surface area contributed by atoms with Crippen molar-refractivity contribution in [3.05, 3.63) is 29.8 Å². The number of nitrogens with zero attached hydrogens (tertiary/aromatic N) is 1. The van der Waals surface area contributed by atoms with E-state index in [-0.39, 0.29) is 13.0 Å². The van der Waals surface area contributed by atoms with Crippen LogP contribution in [-0.2, 0) is 11.2 Å². The van der Waals surface area contributed by atoms with Crippen molar-refractivity contribution < 1.29 is 23.1 Å². The molecule has 1 fully saturated rings. The number of hydrogen-bond donors (Lipinski definition) is 2. The molecule has 0 bridgehead atoms. The van der Waals surface area contributed by atoms with Gasteiger partial charge in [0.25, 0.3) is 0 Å². The fourth-order valence-electron chi connectivity index (χ4n) is 2.40. The molecule has 2 rings (SSSR count). The van der Waals surface area contributed by atoms with Crippen molar-refractivity contribution in [2.75, 3.05) is 18.8 Å². The highest BCUT2D eigenvalue weighted by Gasteiger charge is 2.57. The van der Waals surface area contributed by atoms with E-state index in [0.717, 1.165) is 10.5 Å². The number of carbonyl (C=O) groups excluding carboxylic acids is 1. The molecule has 0 aliphatic carbocycles. The quantitative estimate of drug-likeness (QED) is 0.836. The van der Waals surface area contributed by atoms with Crippen LogP contribution in [0.3, 0.4) is 0 Å². The van der Waals surface area contributed by atoms with Crippen molar-refractivity contribution in [3.8, 4) is 0 Å². The first-order valence-corrected chi connectivity index (χ1v) is 6.63. The predicted molar refractivity (Wildman–Crippen MR) is 71.4 cm³/mol. The summed E-state index contributed by atoms with van der Waals surface area (Å²) < 4.78 is 38.0. The molecule has 0 aromatic heterocycles. The zero-order valence-electron chi connectivity index (χ0n) is 11.4. The molecule has 0 radical (unpaired) electrons. The molecule has 0 spiro atoms. The Morgan fingerprint density at radius 1 is 1.38 bits per heavy atom. The zero-order chi connectivity index (χ0) is 15.7. The third-order valence-electron chi connectivity index (χ3n) is 3.79. The van der Waals surface area contributed by atoms with Gasteiger partial charge in [0.15, 0.2) is 5.60 Å². The maximum absolute atomic E-state index is 12.7. The van der Waals surface area contributed by atoms with Gasteiger partial charge in [-0.25, -0.2) is 0 Å². The number of anilines is 1. The van der Waals surface area contributed by atoms with E-state index in [1.54, 1.807) is 24.3 Å². The van der Waals surface area contributed by atoms with E-state index in [0.29, 0.717) is 12.1 Å². The highest BCUT2D eigenvalue weighted by molar-refractivity contribution is 5.77. The number of nitrogen functional groups attached to an aromatic ring is 1. The number of amides is 1. The molecule has 4 nitrogen and oxygen atoms in total. The van der Waals surface area contributed by atoms with Gasteiger partial charge >= 0.3 is 6.18 Å². The average Bonchev–Trinajstić information content (AvgIpc) is 2.81. The third kappa shape index (κ3) is 3.29. The van der Waals surface area contributed by atoms with E-state index in [2.05, 4.69) is 0 Å². The zero-order valence-corrected chi connectivity index (χ0v) is 11.4. The molecule has 1 aromatic rings. The Balaban J connectivity index is 1.93. The lowest BCUT2D eigenvalue weighted by Crippen LogP contribution is -2.48. The minimum absolute atomic E-state index is 0.0716. The highest BCUT2D eigenvalue weighted by atomic mass is 19.4. The fraction of sp³-hybridized carbons (Fsp3) is 0.500. The van der Waals surface area contributed by atoms with Gasteiger partial charge in [-0.15, -0.1) is 0 Å². The van der Waals surface area contributed by atoms with Crippen LogP contribution < -0.4 is 5.73 Å². The van der Waals surface area contributed by atoms with Crippen LogP contribution in [0.2, 0.25) is 0 Å². The van der Waals surface area contributed by atoms with Crippen LogP contribution in [0.25, 0.3) is 0 Å². The Bertz CT molecular complexity index is 533. The molecule has 7 heteroatoms. The minimum Gasteiger partial charge on any atom is -0.399 e. The standard InChI is InChI=1S/C14H17F3N2O2/c15-14(16,17)13(21)7-8-19(9-13)12(20)6-5-10-3-1-2-4-11(10)18/h1-4,21H,5-9,18H2. The molecule has 1 aromatic carbocycles. The summed E-state index contributed by atoms with van der Waals surface area (Å²) >= 11 is 0. The van der Waals surface area contributed by atoms with Crippen LogP contribution in [0, 0.1) is 0 Å². The molecular formula is C14H17F3N2O2. The van der Waals surface area contributed by atoms with Crippen molar-refractivity contribution in [2.45, 2.75) is 31.0 Å². The number of aryl methyl sites for hydroxylation is 1. The Kier molecular flexibility index (Phi) is 4.13. The molecule has 3 N–H and O–H groups in total. The molecule has 1 heterocycles. The molecule has 1 unspecified atom stereocenters. The summed E-state index contributed by atoms with van der Waals surface area (Å²) in [5.41, 5.74) is 4.31. The summed E-state index contributed by atoms with van der Waals surface area (Å²) in [6.45, 7) is -0.779. The number of rotatable bonds is 3. The number of carbonyl (C=O) groups is 1. The van der Waals surface area contributed by atoms with Crippen LogP contribution in [0.4, 0.5) is 18.9 Å². The van der Waals surface area contributed by atoms with Crippen LogP contribution >= 0.6 is 0 Å². The number of benzene rings is 1. The molecular weight excluding hydrogens is 285 g/mol. The van der Waals surface area contributed by atoms with E-state index < -0.39 is 30.7 Å². The predicted octanol–water partition coefficient (Wildman–Crippen LogP) is 1.73. The smallest absolute Gasteiger partial charge is 0.399 e. The molecule has 1 amide bonds. The number of aliphatic hydroxyl groups is 1. The Labute approximate surface area is 120 Å². The van der Waals surface area contributed by atoms with Crippen LogP contribution in [0.1, 0.15) is 18.4 Å². The Morgan fingerprint density at radius 3 is 2.62 bits per heavy atom. The van der Waals surface area contributed by atoms with E-state index in [4.69, 9.17) is 5.73 Å². The molecule has 1 aliphatic heterocycles. The van der Waals surface area contributed by atoms with E-state index >= 15 is 0 Å². The lowest BCUT2D eigenvalue weighted by Gasteiger charge is -2.25. The van der Waals surface area contributed by atoms with Crippen LogP contribution in [0.15, 0.2) is 24.3 Å². The molecule has 1 aliphatic rings. The highest BCUT2D eigenvalue weighted by Crippen LogP contribution is 2.37. The van der Waals surface area contributed by atoms with Gasteiger partial charge < -0.3 is 15.7 Å². The van der Waals surface area contributed by atoms with Gasteiger partial charge in [-0.2, -0.15) is 13.2 Å². The van der Waals surface area contributed by atoms with Crippen molar-refractivity contribution in [1.29, 1.82) is 0 Å². The van der Waals surface area contributed by atoms with Gasteiger partial charge in [-0.3, -0.25) is 4.79 Å². The molecule has 1 saturated heterocycles. The second kappa shape index (κ2) is 5.55. The lowest BCUT2D eigenvalue weighted by molar-refractivity contribution is -0.253. The molecule has 116 valence electrons. The van der Waals surface area contributed by atoms with Crippen LogP contribution in [-0.4, -0.2) is 40.8 Å². The summed E-state index contributed by atoms with van der Waals surface area (Å²) in [5, 5.41) is 9.54. The first-order valence-electron chi connectivity index (χ1n) is 6.63. The first-order chi connectivity index (χ1) is 9.73. The summed E-state index contributed by atoms with van der Waals surface area (Å²) in [4.78, 5) is 13.0. The topological polar surface area (TPSA) is 66.6 Å². The Hall–Kier alpha value is -1.76. The van der Waals surface area contributed by atoms with E-state index in [9.17, 15) is 23.1 Å². The number of alkyl halides is 3. The van der Waals surface area contributed by atoms with Gasteiger partial charge in [-0.1, -0.05) is 18.2 Å². The fourth-order valence-corrected chi connectivity index (χ4v) is 2.40. The molecule has 1 atom stereocenters. The summed E-state index contributed by atoms with van der Waals surface area (Å²) in [5.74, 6) is -0.404. The Morgan fingerprint density at radius 2 is 2.05 bits per heavy atom. The number of nitrogens with two attached hydrogens (primary N) is 1. The number of β-amino-alcohol motifs (C(OH)–C–C–N with tert-alkyl or cyclic N) is 1. The number of para-hydroxylation sites is 1. The second-order valence-corrected chi connectivity index (χ2v) is 5.29. The summed E-state index contributed by atoms with van der Waals surface area (Å²) in [6, 6.07) is 7.04. The van der Waals surface area contributed by atoms with Crippen molar-refractivity contribution in [3.63, 3.8) is 0 Å². The van der Waals surface area contributed by atoms with Gasteiger partial charge in [0.2, 0.25) is 5.91 Å². The van der Waals surface area contributed by atoms with Gasteiger partial charge in [-0.05, 0) is 18.1 Å². The van der Waals surface area contributed by atoms with E-state index in [1.165, 1.54) is 0 Å². The summed E-state index contributed by atoms with van der Waals surface area (Å²) in [7, 11) is 0. The monoisotopic (exact) mass is 302 g/mol. The second-order valence-electron chi connectivity index (χ2n) is 5.29. The molecule has 21 heavy (non-hydrogen) atoms. The number of halogens is 3. The maximum atomic E-state index is 12.7. The number of likely N-dealkylation sites (tertiary alicyclic amines) is 1. The maximum Gasteiger partial charge on any atom is 0.419 e. The third-order valence-corrected chi connectivity index (χ3v) is 3.79. The van der Waals surface area contributed by atoms with Gasteiger partial charge in [0, 0.05) is 25.1 Å².